The van der Waals surface area contributed by atoms with Crippen LogP contribution in [0, 0.1) is 6.92 Å². The van der Waals surface area contributed by atoms with E-state index in [4.69, 9.17) is 16.3 Å². The predicted octanol–water partition coefficient (Wildman–Crippen LogP) is 3.58. The van der Waals surface area contributed by atoms with Crippen molar-refractivity contribution in [3.8, 4) is 5.75 Å². The third-order valence-corrected chi connectivity index (χ3v) is 4.42. The zero-order chi connectivity index (χ0) is 19.8. The van der Waals surface area contributed by atoms with Gasteiger partial charge in [-0.1, -0.05) is 41.4 Å². The fourth-order valence-electron chi connectivity index (χ4n) is 2.55. The van der Waals surface area contributed by atoms with E-state index in [1.807, 2.05) is 50.2 Å². The molecule has 0 saturated carbocycles. The Labute approximate surface area is 165 Å². The molecule has 0 aromatic heterocycles. The monoisotopic (exact) mass is 388 g/mol. The molecule has 0 heterocycles. The molecule has 6 heteroatoms. The highest BCUT2D eigenvalue weighted by molar-refractivity contribution is 6.30. The average molecular weight is 389 g/mol. The van der Waals surface area contributed by atoms with Crippen molar-refractivity contribution < 1.29 is 14.3 Å². The maximum Gasteiger partial charge on any atom is 0.261 e. The summed E-state index contributed by atoms with van der Waals surface area (Å²) >= 11 is 5.93. The number of hydrogen-bond donors (Lipinski definition) is 1. The van der Waals surface area contributed by atoms with E-state index < -0.39 is 6.04 Å². The molecule has 0 saturated heterocycles. The largest absolute Gasteiger partial charge is 0.484 e. The highest BCUT2D eigenvalue weighted by Crippen LogP contribution is 2.15. The van der Waals surface area contributed by atoms with Crippen molar-refractivity contribution in [3.05, 3.63) is 64.7 Å². The molecular formula is C21H25ClN2O3. The minimum absolute atomic E-state index is 0.138. The molecule has 27 heavy (non-hydrogen) atoms. The summed E-state index contributed by atoms with van der Waals surface area (Å²) in [5.74, 6) is 0.158. The maximum atomic E-state index is 12.8. The molecule has 2 amide bonds. The van der Waals surface area contributed by atoms with E-state index in [0.717, 1.165) is 11.1 Å². The number of benzene rings is 2. The molecule has 0 aliphatic rings. The van der Waals surface area contributed by atoms with Gasteiger partial charge in [-0.25, -0.2) is 0 Å². The topological polar surface area (TPSA) is 58.6 Å². The molecule has 0 radical (unpaired) electrons. The van der Waals surface area contributed by atoms with Crippen LogP contribution in [0.25, 0.3) is 0 Å². The average Bonchev–Trinajstić information content (AvgIpc) is 2.66. The molecule has 0 bridgehead atoms. The van der Waals surface area contributed by atoms with Gasteiger partial charge in [0.15, 0.2) is 6.61 Å². The molecular weight excluding hydrogens is 364 g/mol. The highest BCUT2D eigenvalue weighted by Gasteiger charge is 2.26. The summed E-state index contributed by atoms with van der Waals surface area (Å²) in [6, 6.07) is 14.1. The lowest BCUT2D eigenvalue weighted by Crippen LogP contribution is -2.49. The summed E-state index contributed by atoms with van der Waals surface area (Å²) in [4.78, 5) is 26.6. The van der Waals surface area contributed by atoms with Crippen LogP contribution in [-0.4, -0.2) is 35.9 Å². The maximum absolute atomic E-state index is 12.8. The van der Waals surface area contributed by atoms with E-state index in [2.05, 4.69) is 5.32 Å². The van der Waals surface area contributed by atoms with Crippen LogP contribution in [0.4, 0.5) is 0 Å². The Balaban J connectivity index is 2.11. The second kappa shape index (κ2) is 9.97. The van der Waals surface area contributed by atoms with Crippen LogP contribution in [-0.2, 0) is 16.1 Å². The Hall–Kier alpha value is -2.53. The summed E-state index contributed by atoms with van der Waals surface area (Å²) in [7, 11) is 0. The molecule has 0 aliphatic heterocycles. The summed E-state index contributed by atoms with van der Waals surface area (Å²) < 4.78 is 5.61. The minimum atomic E-state index is -0.616. The standard InChI is InChI=1S/C21H25ClN2O3/c1-4-23-21(26)16(3)24(13-17-7-9-18(22)10-8-17)20(25)14-27-19-11-5-15(2)6-12-19/h5-12,16H,4,13-14H2,1-3H3,(H,23,26)/t16-/m0/s1. The van der Waals surface area contributed by atoms with Crippen LogP contribution in [0.15, 0.2) is 48.5 Å². The number of ether oxygens (including phenoxy) is 1. The van der Waals surface area contributed by atoms with Crippen molar-refractivity contribution in [2.45, 2.75) is 33.4 Å². The zero-order valence-corrected chi connectivity index (χ0v) is 16.6. The quantitative estimate of drug-likeness (QED) is 0.751. The Morgan fingerprint density at radius 2 is 1.74 bits per heavy atom. The van der Waals surface area contributed by atoms with E-state index >= 15 is 0 Å². The molecule has 0 fully saturated rings. The van der Waals surface area contributed by atoms with Gasteiger partial charge in [0, 0.05) is 18.1 Å². The Morgan fingerprint density at radius 1 is 1.11 bits per heavy atom. The van der Waals surface area contributed by atoms with Crippen molar-refractivity contribution in [1.29, 1.82) is 0 Å². The van der Waals surface area contributed by atoms with Gasteiger partial charge in [-0.05, 0) is 50.6 Å². The number of likely N-dealkylation sites (N-methyl/N-ethyl adjacent to an activating group) is 1. The van der Waals surface area contributed by atoms with Gasteiger partial charge in [0.1, 0.15) is 11.8 Å². The molecule has 0 spiro atoms. The van der Waals surface area contributed by atoms with Crippen molar-refractivity contribution in [2.75, 3.05) is 13.2 Å². The number of amides is 2. The number of rotatable bonds is 8. The van der Waals surface area contributed by atoms with Gasteiger partial charge in [-0.3, -0.25) is 9.59 Å². The van der Waals surface area contributed by atoms with Crippen molar-refractivity contribution in [3.63, 3.8) is 0 Å². The molecule has 144 valence electrons. The first-order chi connectivity index (χ1) is 12.9. The smallest absolute Gasteiger partial charge is 0.261 e. The number of aryl methyl sites for hydroxylation is 1. The molecule has 1 atom stereocenters. The molecule has 0 unspecified atom stereocenters. The van der Waals surface area contributed by atoms with Crippen LogP contribution in [0.2, 0.25) is 5.02 Å². The van der Waals surface area contributed by atoms with E-state index in [9.17, 15) is 9.59 Å². The van der Waals surface area contributed by atoms with Gasteiger partial charge in [-0.2, -0.15) is 0 Å². The Bertz CT molecular complexity index is 760. The molecule has 0 aliphatic carbocycles. The lowest BCUT2D eigenvalue weighted by molar-refractivity contribution is -0.142. The van der Waals surface area contributed by atoms with Gasteiger partial charge in [-0.15, -0.1) is 0 Å². The van der Waals surface area contributed by atoms with Gasteiger partial charge >= 0.3 is 0 Å². The lowest BCUT2D eigenvalue weighted by Gasteiger charge is -2.28. The minimum Gasteiger partial charge on any atom is -0.484 e. The third kappa shape index (κ3) is 6.29. The van der Waals surface area contributed by atoms with E-state index in [1.54, 1.807) is 19.1 Å². The van der Waals surface area contributed by atoms with Gasteiger partial charge in [0.25, 0.3) is 5.91 Å². The van der Waals surface area contributed by atoms with Crippen LogP contribution < -0.4 is 10.1 Å². The van der Waals surface area contributed by atoms with Gasteiger partial charge in [0.2, 0.25) is 5.91 Å². The lowest BCUT2D eigenvalue weighted by atomic mass is 10.1. The molecule has 5 nitrogen and oxygen atoms in total. The number of nitrogens with one attached hydrogen (secondary N) is 1. The first-order valence-electron chi connectivity index (χ1n) is 8.91. The van der Waals surface area contributed by atoms with Gasteiger partial charge in [0.05, 0.1) is 0 Å². The second-order valence-electron chi connectivity index (χ2n) is 6.32. The molecule has 2 rings (SSSR count). The third-order valence-electron chi connectivity index (χ3n) is 4.17. The molecule has 1 N–H and O–H groups in total. The number of halogens is 1. The predicted molar refractivity (Wildman–Crippen MR) is 107 cm³/mol. The fourth-order valence-corrected chi connectivity index (χ4v) is 2.68. The second-order valence-corrected chi connectivity index (χ2v) is 6.76. The van der Waals surface area contributed by atoms with E-state index in [0.29, 0.717) is 23.9 Å². The molecule has 2 aromatic rings. The van der Waals surface area contributed by atoms with Crippen molar-refractivity contribution in [1.82, 2.24) is 10.2 Å². The fraction of sp³-hybridized carbons (Fsp3) is 0.333. The SMILES string of the molecule is CCNC(=O)[C@H](C)N(Cc1ccc(Cl)cc1)C(=O)COc1ccc(C)cc1. The number of carbonyl (C=O) groups excluding carboxylic acids is 2. The summed E-state index contributed by atoms with van der Waals surface area (Å²) in [6.45, 7) is 6.20. The first-order valence-corrected chi connectivity index (χ1v) is 9.29. The normalized spacial score (nSPS) is 11.6. The van der Waals surface area contributed by atoms with Crippen molar-refractivity contribution >= 4 is 23.4 Å². The van der Waals surface area contributed by atoms with E-state index in [-0.39, 0.29) is 18.4 Å². The molecule has 2 aromatic carbocycles. The zero-order valence-electron chi connectivity index (χ0n) is 15.9. The summed E-state index contributed by atoms with van der Waals surface area (Å²) in [5, 5.41) is 3.38. The summed E-state index contributed by atoms with van der Waals surface area (Å²) in [6.07, 6.45) is 0. The first kappa shape index (κ1) is 20.8. The summed E-state index contributed by atoms with van der Waals surface area (Å²) in [5.41, 5.74) is 2.00. The number of carbonyl (C=O) groups is 2. The van der Waals surface area contributed by atoms with Crippen molar-refractivity contribution in [2.24, 2.45) is 0 Å². The van der Waals surface area contributed by atoms with E-state index in [1.165, 1.54) is 4.90 Å². The Kier molecular flexibility index (Phi) is 7.67. The van der Waals surface area contributed by atoms with Crippen LogP contribution in [0.1, 0.15) is 25.0 Å². The number of hydrogen-bond acceptors (Lipinski definition) is 3. The van der Waals surface area contributed by atoms with Crippen LogP contribution in [0.3, 0.4) is 0 Å². The Morgan fingerprint density at radius 3 is 2.33 bits per heavy atom. The highest BCUT2D eigenvalue weighted by atomic mass is 35.5. The van der Waals surface area contributed by atoms with Crippen LogP contribution >= 0.6 is 11.6 Å². The van der Waals surface area contributed by atoms with Gasteiger partial charge < -0.3 is 15.0 Å². The van der Waals surface area contributed by atoms with Crippen LogP contribution in [0.5, 0.6) is 5.75 Å². The number of nitrogens with zero attached hydrogens (tertiary/aromatic N) is 1.